The van der Waals surface area contributed by atoms with Gasteiger partial charge in [0.2, 0.25) is 5.89 Å². The molecule has 0 spiro atoms. The first-order valence-electron chi connectivity index (χ1n) is 6.31. The Kier molecular flexibility index (Phi) is 4.11. The number of hydrogen-bond donors (Lipinski definition) is 1. The summed E-state index contributed by atoms with van der Waals surface area (Å²) in [4.78, 5) is 4.54. The molecule has 2 rings (SSSR count). The van der Waals surface area contributed by atoms with Crippen LogP contribution in [0.25, 0.3) is 11.5 Å². The van der Waals surface area contributed by atoms with Crippen LogP contribution in [0.2, 0.25) is 0 Å². The number of oxazole rings is 1. The molecule has 0 saturated carbocycles. The lowest BCUT2D eigenvalue weighted by Crippen LogP contribution is -2.35. The van der Waals surface area contributed by atoms with Crippen molar-refractivity contribution in [3.8, 4) is 11.5 Å². The van der Waals surface area contributed by atoms with Crippen molar-refractivity contribution < 1.29 is 4.42 Å². The third kappa shape index (κ3) is 3.91. The maximum absolute atomic E-state index is 5.58. The molecule has 1 aromatic heterocycles. The molecule has 0 amide bonds. The van der Waals surface area contributed by atoms with Gasteiger partial charge < -0.3 is 9.73 Å². The van der Waals surface area contributed by atoms with Crippen LogP contribution in [-0.4, -0.2) is 10.5 Å². The zero-order valence-corrected chi connectivity index (χ0v) is 13.3. The Bertz CT molecular complexity index is 570. The first-order valence-corrected chi connectivity index (χ1v) is 7.10. The van der Waals surface area contributed by atoms with Crippen LogP contribution >= 0.6 is 15.9 Å². The molecule has 19 heavy (non-hydrogen) atoms. The highest BCUT2D eigenvalue weighted by molar-refractivity contribution is 9.10. The molecule has 2 aromatic rings. The van der Waals surface area contributed by atoms with E-state index in [0.717, 1.165) is 21.3 Å². The Labute approximate surface area is 122 Å². The average molecular weight is 323 g/mol. The van der Waals surface area contributed by atoms with Gasteiger partial charge in [-0.15, -0.1) is 0 Å². The number of nitrogens with one attached hydrogen (secondary N) is 1. The Morgan fingerprint density at radius 2 is 2.05 bits per heavy atom. The van der Waals surface area contributed by atoms with E-state index >= 15 is 0 Å². The van der Waals surface area contributed by atoms with Gasteiger partial charge >= 0.3 is 0 Å². The van der Waals surface area contributed by atoms with Crippen LogP contribution in [0.1, 0.15) is 32.0 Å². The lowest BCUT2D eigenvalue weighted by Gasteiger charge is -2.19. The smallest absolute Gasteiger partial charge is 0.226 e. The van der Waals surface area contributed by atoms with E-state index in [1.165, 1.54) is 0 Å². The summed E-state index contributed by atoms with van der Waals surface area (Å²) in [6, 6.07) is 6.10. The van der Waals surface area contributed by atoms with Crippen molar-refractivity contribution in [3.05, 3.63) is 40.2 Å². The molecule has 102 valence electrons. The van der Waals surface area contributed by atoms with E-state index in [0.29, 0.717) is 12.4 Å². The Balaban J connectivity index is 2.19. The molecule has 0 radical (unpaired) electrons. The maximum atomic E-state index is 5.58. The van der Waals surface area contributed by atoms with Crippen molar-refractivity contribution >= 4 is 15.9 Å². The molecule has 1 heterocycles. The van der Waals surface area contributed by atoms with Crippen LogP contribution in [0.5, 0.6) is 0 Å². The molecule has 3 nitrogen and oxygen atoms in total. The molecular weight excluding hydrogens is 304 g/mol. The van der Waals surface area contributed by atoms with Gasteiger partial charge in [-0.1, -0.05) is 22.0 Å². The van der Waals surface area contributed by atoms with Gasteiger partial charge in [0.1, 0.15) is 6.26 Å². The minimum absolute atomic E-state index is 0.0742. The van der Waals surface area contributed by atoms with Crippen LogP contribution in [-0.2, 0) is 6.54 Å². The summed E-state index contributed by atoms with van der Waals surface area (Å²) < 4.78 is 6.61. The Morgan fingerprint density at radius 3 is 2.74 bits per heavy atom. The molecule has 0 atom stereocenters. The quantitative estimate of drug-likeness (QED) is 0.915. The number of rotatable bonds is 3. The predicted molar refractivity (Wildman–Crippen MR) is 81.0 cm³/mol. The minimum Gasteiger partial charge on any atom is -0.444 e. The number of halogens is 1. The van der Waals surface area contributed by atoms with Crippen LogP contribution in [0.4, 0.5) is 0 Å². The van der Waals surface area contributed by atoms with Crippen molar-refractivity contribution in [2.45, 2.75) is 39.8 Å². The summed E-state index contributed by atoms with van der Waals surface area (Å²) in [7, 11) is 0. The summed E-state index contributed by atoms with van der Waals surface area (Å²) >= 11 is 3.48. The van der Waals surface area contributed by atoms with Gasteiger partial charge in [-0.3, -0.25) is 0 Å². The summed E-state index contributed by atoms with van der Waals surface area (Å²) in [5.74, 6) is 0.671. The first kappa shape index (κ1) is 14.3. The fourth-order valence-corrected chi connectivity index (χ4v) is 2.05. The van der Waals surface area contributed by atoms with E-state index in [-0.39, 0.29) is 5.54 Å². The number of nitrogens with zero attached hydrogens (tertiary/aromatic N) is 1. The van der Waals surface area contributed by atoms with E-state index < -0.39 is 0 Å². The highest BCUT2D eigenvalue weighted by Gasteiger charge is 2.13. The molecule has 4 heteroatoms. The van der Waals surface area contributed by atoms with Crippen molar-refractivity contribution in [2.75, 3.05) is 0 Å². The zero-order valence-electron chi connectivity index (χ0n) is 11.7. The highest BCUT2D eigenvalue weighted by atomic mass is 79.9. The van der Waals surface area contributed by atoms with E-state index in [1.54, 1.807) is 6.26 Å². The van der Waals surface area contributed by atoms with Crippen LogP contribution < -0.4 is 5.32 Å². The molecular formula is C15H19BrN2O. The van der Waals surface area contributed by atoms with Gasteiger partial charge in [0.05, 0.1) is 5.69 Å². The molecule has 0 bridgehead atoms. The largest absolute Gasteiger partial charge is 0.444 e. The monoisotopic (exact) mass is 322 g/mol. The lowest BCUT2D eigenvalue weighted by atomic mass is 10.1. The van der Waals surface area contributed by atoms with Gasteiger partial charge in [-0.2, -0.15) is 0 Å². The zero-order chi connectivity index (χ0) is 14.0. The molecule has 0 aliphatic rings. The Morgan fingerprint density at radius 1 is 1.32 bits per heavy atom. The molecule has 0 saturated heterocycles. The van der Waals surface area contributed by atoms with Gasteiger partial charge in [0.15, 0.2) is 0 Å². The maximum Gasteiger partial charge on any atom is 0.226 e. The summed E-state index contributed by atoms with van der Waals surface area (Å²) in [6.45, 7) is 9.16. The van der Waals surface area contributed by atoms with E-state index in [4.69, 9.17) is 4.42 Å². The number of aromatic nitrogens is 1. The summed E-state index contributed by atoms with van der Waals surface area (Å²) in [5, 5.41) is 3.40. The lowest BCUT2D eigenvalue weighted by molar-refractivity contribution is 0.421. The second-order valence-electron chi connectivity index (χ2n) is 5.71. The highest BCUT2D eigenvalue weighted by Crippen LogP contribution is 2.26. The van der Waals surface area contributed by atoms with Gasteiger partial charge in [-0.05, 0) is 45.4 Å². The normalized spacial score (nSPS) is 11.8. The molecule has 0 aliphatic carbocycles. The fraction of sp³-hybridized carbons (Fsp3) is 0.400. The summed E-state index contributed by atoms with van der Waals surface area (Å²) in [5.41, 5.74) is 3.17. The first-order chi connectivity index (χ1) is 8.85. The van der Waals surface area contributed by atoms with Crippen LogP contribution in [0.15, 0.2) is 33.4 Å². The third-order valence-corrected chi connectivity index (χ3v) is 3.27. The van der Waals surface area contributed by atoms with Crippen molar-refractivity contribution in [3.63, 3.8) is 0 Å². The number of aryl methyl sites for hydroxylation is 1. The second-order valence-corrected chi connectivity index (χ2v) is 6.62. The topological polar surface area (TPSA) is 38.1 Å². The van der Waals surface area contributed by atoms with E-state index in [2.05, 4.69) is 60.0 Å². The summed E-state index contributed by atoms with van der Waals surface area (Å²) in [6.07, 6.45) is 1.72. The second kappa shape index (κ2) is 5.47. The molecule has 1 aromatic carbocycles. The number of hydrogen-bond acceptors (Lipinski definition) is 3. The fourth-order valence-electron chi connectivity index (χ4n) is 1.69. The molecule has 0 fully saturated rings. The van der Waals surface area contributed by atoms with Crippen LogP contribution in [0.3, 0.4) is 0 Å². The molecule has 1 N–H and O–H groups in total. The Hall–Kier alpha value is -1.13. The third-order valence-electron chi connectivity index (χ3n) is 2.78. The molecule has 0 aliphatic heterocycles. The molecule has 0 unspecified atom stereocenters. The minimum atomic E-state index is 0.0742. The number of benzene rings is 1. The van der Waals surface area contributed by atoms with Crippen molar-refractivity contribution in [1.29, 1.82) is 0 Å². The van der Waals surface area contributed by atoms with Crippen molar-refractivity contribution in [1.82, 2.24) is 10.3 Å². The average Bonchev–Trinajstić information content (AvgIpc) is 2.77. The standard InChI is InChI=1S/C15H19BrN2O/c1-10-5-6-11(16)7-13(10)14-18-12(9-19-14)8-17-15(2,3)4/h5-7,9,17H,8H2,1-4H3. The van der Waals surface area contributed by atoms with E-state index in [1.807, 2.05) is 12.1 Å². The predicted octanol–water partition coefficient (Wildman–Crippen LogP) is 4.30. The van der Waals surface area contributed by atoms with E-state index in [9.17, 15) is 0 Å². The van der Waals surface area contributed by atoms with Crippen LogP contribution in [0, 0.1) is 6.92 Å². The van der Waals surface area contributed by atoms with Gasteiger partial charge in [0, 0.05) is 22.1 Å². The van der Waals surface area contributed by atoms with Gasteiger partial charge in [-0.25, -0.2) is 4.98 Å². The SMILES string of the molecule is Cc1ccc(Br)cc1-c1nc(CNC(C)(C)C)co1. The van der Waals surface area contributed by atoms with Crippen molar-refractivity contribution in [2.24, 2.45) is 0 Å². The van der Waals surface area contributed by atoms with Gasteiger partial charge in [0.25, 0.3) is 0 Å².